The Morgan fingerprint density at radius 2 is 2.17 bits per heavy atom. The largest absolute Gasteiger partial charge is 0.468 e. The van der Waals surface area contributed by atoms with Gasteiger partial charge in [0.25, 0.3) is 5.91 Å². The van der Waals surface area contributed by atoms with Crippen molar-refractivity contribution in [3.63, 3.8) is 0 Å². The average Bonchev–Trinajstić information content (AvgIpc) is 2.37. The first-order valence-electron chi connectivity index (χ1n) is 5.22. The molecule has 0 heterocycles. The Bertz CT molecular complexity index is 465. The first kappa shape index (κ1) is 15.4. The third-order valence-electron chi connectivity index (χ3n) is 2.32. The number of halogens is 2. The fourth-order valence-corrected chi connectivity index (χ4v) is 2.00. The van der Waals surface area contributed by atoms with E-state index in [0.717, 1.165) is 10.0 Å². The van der Waals surface area contributed by atoms with E-state index in [2.05, 4.69) is 26.0 Å². The molecule has 6 heteroatoms. The molecule has 0 saturated carbocycles. The normalized spacial score (nSPS) is 11.8. The Labute approximate surface area is 128 Å². The summed E-state index contributed by atoms with van der Waals surface area (Å²) in [6.45, 7) is 2.16. The quantitative estimate of drug-likeness (QED) is 0.458. The van der Waals surface area contributed by atoms with Gasteiger partial charge in [-0.05, 0) is 30.7 Å². The lowest BCUT2D eigenvalue weighted by Crippen LogP contribution is -2.33. The lowest BCUT2D eigenvalue weighted by molar-refractivity contribution is -0.139. The van der Waals surface area contributed by atoms with Crippen molar-refractivity contribution in [2.75, 3.05) is 13.7 Å². The molecule has 0 spiro atoms. The number of nitrogens with one attached hydrogen (secondary N) is 1. The van der Waals surface area contributed by atoms with Gasteiger partial charge in [-0.1, -0.05) is 38.5 Å². The third kappa shape index (κ3) is 4.24. The van der Waals surface area contributed by atoms with Gasteiger partial charge in [-0.15, -0.1) is 0 Å². The number of carbonyl (C=O) groups is 2. The van der Waals surface area contributed by atoms with Gasteiger partial charge in [0.05, 0.1) is 7.11 Å². The molecule has 0 radical (unpaired) electrons. The lowest BCUT2D eigenvalue weighted by Gasteiger charge is -2.10. The number of aryl methyl sites for hydroxylation is 1. The second kappa shape index (κ2) is 7.08. The summed E-state index contributed by atoms with van der Waals surface area (Å²) < 4.78 is 5.16. The van der Waals surface area contributed by atoms with Crippen LogP contribution >= 0.6 is 38.5 Å². The van der Waals surface area contributed by atoms with Gasteiger partial charge in [0, 0.05) is 16.6 Å². The number of esters is 1. The molecule has 1 amide bonds. The maximum atomic E-state index is 11.8. The lowest BCUT2D eigenvalue weighted by atomic mass is 10.1. The van der Waals surface area contributed by atoms with E-state index in [1.165, 1.54) is 7.11 Å². The van der Waals surface area contributed by atoms with Crippen LogP contribution in [0.2, 0.25) is 0 Å². The van der Waals surface area contributed by atoms with Gasteiger partial charge >= 0.3 is 5.97 Å². The molecule has 0 bridgehead atoms. The summed E-state index contributed by atoms with van der Waals surface area (Å²) in [5.41, 5.74) is 1.56. The van der Waals surface area contributed by atoms with Gasteiger partial charge in [0.2, 0.25) is 0 Å². The van der Waals surface area contributed by atoms with E-state index in [9.17, 15) is 9.59 Å². The van der Waals surface area contributed by atoms with E-state index in [1.807, 2.05) is 35.6 Å². The molecular weight excluding hydrogens is 413 g/mol. The van der Waals surface area contributed by atoms with Gasteiger partial charge in [0.15, 0.2) is 0 Å². The minimum atomic E-state index is -0.381. The zero-order valence-electron chi connectivity index (χ0n) is 10.00. The number of hydrogen-bond acceptors (Lipinski definition) is 3. The summed E-state index contributed by atoms with van der Waals surface area (Å²) in [5.74, 6) is -0.543. The van der Waals surface area contributed by atoms with Crippen LogP contribution in [0, 0.1) is 6.92 Å². The minimum absolute atomic E-state index is 0.198. The topological polar surface area (TPSA) is 55.4 Å². The van der Waals surface area contributed by atoms with Crippen molar-refractivity contribution in [3.8, 4) is 0 Å². The van der Waals surface area contributed by atoms with Crippen molar-refractivity contribution >= 4 is 50.4 Å². The summed E-state index contributed by atoms with van der Waals surface area (Å²) in [7, 11) is 1.33. The highest BCUT2D eigenvalue weighted by molar-refractivity contribution is 14.1. The number of benzene rings is 1. The fraction of sp³-hybridized carbons (Fsp3) is 0.333. The van der Waals surface area contributed by atoms with Crippen LogP contribution in [0.25, 0.3) is 0 Å². The predicted molar refractivity (Wildman–Crippen MR) is 81.0 cm³/mol. The molecule has 98 valence electrons. The van der Waals surface area contributed by atoms with Crippen molar-refractivity contribution in [2.45, 2.75) is 10.8 Å². The van der Waals surface area contributed by atoms with Crippen LogP contribution in [0.4, 0.5) is 0 Å². The van der Waals surface area contributed by atoms with Crippen LogP contribution in [-0.2, 0) is 9.53 Å². The van der Waals surface area contributed by atoms with Crippen molar-refractivity contribution < 1.29 is 14.3 Å². The highest BCUT2D eigenvalue weighted by atomic mass is 127. The Balaban J connectivity index is 2.60. The standard InChI is InChI=1S/C12H13BrINO3/c1-7-5-8(3-4-9(7)13)11(16)15-6-10(14)12(17)18-2/h3-5,10H,6H2,1-2H3,(H,15,16). The highest BCUT2D eigenvalue weighted by Gasteiger charge is 2.16. The average molecular weight is 426 g/mol. The maximum Gasteiger partial charge on any atom is 0.320 e. The number of hydrogen-bond donors (Lipinski definition) is 1. The zero-order chi connectivity index (χ0) is 13.7. The molecular formula is C12H13BrINO3. The molecule has 1 unspecified atom stereocenters. The summed E-state index contributed by atoms with van der Waals surface area (Å²) in [6.07, 6.45) is 0. The Morgan fingerprint density at radius 1 is 1.50 bits per heavy atom. The summed E-state index contributed by atoms with van der Waals surface area (Å²) in [5, 5.41) is 2.70. The molecule has 1 rings (SSSR count). The first-order chi connectivity index (χ1) is 8.45. The first-order valence-corrected chi connectivity index (χ1v) is 7.25. The van der Waals surface area contributed by atoms with Gasteiger partial charge in [-0.25, -0.2) is 0 Å². The van der Waals surface area contributed by atoms with E-state index in [-0.39, 0.29) is 22.3 Å². The number of ether oxygens (including phenoxy) is 1. The Hall–Kier alpha value is -0.630. The molecule has 0 fully saturated rings. The van der Waals surface area contributed by atoms with Crippen LogP contribution in [0.15, 0.2) is 22.7 Å². The summed E-state index contributed by atoms with van der Waals surface area (Å²) in [4.78, 5) is 23.0. The van der Waals surface area contributed by atoms with Crippen molar-refractivity contribution in [1.82, 2.24) is 5.32 Å². The van der Waals surface area contributed by atoms with Gasteiger partial charge in [0.1, 0.15) is 3.92 Å². The van der Waals surface area contributed by atoms with E-state index in [1.54, 1.807) is 12.1 Å². The van der Waals surface area contributed by atoms with Crippen LogP contribution in [0.1, 0.15) is 15.9 Å². The molecule has 1 N–H and O–H groups in total. The molecule has 1 aromatic rings. The molecule has 0 aromatic heterocycles. The summed E-state index contributed by atoms with van der Waals surface area (Å²) in [6, 6.07) is 5.35. The van der Waals surface area contributed by atoms with Gasteiger partial charge in [-0.3, -0.25) is 9.59 Å². The van der Waals surface area contributed by atoms with Crippen LogP contribution in [0.3, 0.4) is 0 Å². The monoisotopic (exact) mass is 425 g/mol. The van der Waals surface area contributed by atoms with Crippen molar-refractivity contribution in [1.29, 1.82) is 0 Å². The third-order valence-corrected chi connectivity index (χ3v) is 4.16. The predicted octanol–water partition coefficient (Wildman–Crippen LogP) is 2.46. The molecule has 0 aliphatic carbocycles. The van der Waals surface area contributed by atoms with Crippen molar-refractivity contribution in [2.24, 2.45) is 0 Å². The van der Waals surface area contributed by atoms with E-state index < -0.39 is 0 Å². The van der Waals surface area contributed by atoms with E-state index >= 15 is 0 Å². The molecule has 1 atom stereocenters. The number of carbonyl (C=O) groups excluding carboxylic acids is 2. The minimum Gasteiger partial charge on any atom is -0.468 e. The van der Waals surface area contributed by atoms with Gasteiger partial charge in [-0.2, -0.15) is 0 Å². The van der Waals surface area contributed by atoms with Crippen LogP contribution < -0.4 is 5.32 Å². The Morgan fingerprint density at radius 3 is 2.72 bits per heavy atom. The van der Waals surface area contributed by atoms with E-state index in [0.29, 0.717) is 5.56 Å². The Kier molecular flexibility index (Phi) is 6.07. The molecule has 0 aliphatic heterocycles. The van der Waals surface area contributed by atoms with Crippen LogP contribution in [-0.4, -0.2) is 29.5 Å². The molecule has 0 aliphatic rings. The summed E-state index contributed by atoms with van der Waals surface area (Å²) >= 11 is 5.31. The van der Waals surface area contributed by atoms with E-state index in [4.69, 9.17) is 0 Å². The second-order valence-corrected chi connectivity index (χ2v) is 6.02. The van der Waals surface area contributed by atoms with Gasteiger partial charge < -0.3 is 10.1 Å². The SMILES string of the molecule is COC(=O)C(I)CNC(=O)c1ccc(Br)c(C)c1. The molecule has 1 aromatic carbocycles. The van der Waals surface area contributed by atoms with Crippen molar-refractivity contribution in [3.05, 3.63) is 33.8 Å². The maximum absolute atomic E-state index is 11.8. The zero-order valence-corrected chi connectivity index (χ0v) is 13.7. The number of rotatable bonds is 4. The molecule has 4 nitrogen and oxygen atoms in total. The second-order valence-electron chi connectivity index (χ2n) is 3.66. The molecule has 0 saturated heterocycles. The van der Waals surface area contributed by atoms with Crippen LogP contribution in [0.5, 0.6) is 0 Å². The highest BCUT2D eigenvalue weighted by Crippen LogP contribution is 2.17. The number of amides is 1. The fourth-order valence-electron chi connectivity index (χ4n) is 1.28. The molecule has 18 heavy (non-hydrogen) atoms. The number of alkyl halides is 1. The number of methoxy groups -OCH3 is 1. The smallest absolute Gasteiger partial charge is 0.320 e.